The van der Waals surface area contributed by atoms with Crippen LogP contribution in [-0.2, 0) is 11.3 Å². The maximum atomic E-state index is 12.3. The Morgan fingerprint density at radius 1 is 1.44 bits per heavy atom. The predicted octanol–water partition coefficient (Wildman–Crippen LogP) is 3.13. The Balaban J connectivity index is 1.67. The first-order valence-electron chi connectivity index (χ1n) is 8.63. The molecule has 0 unspecified atom stereocenters. The fraction of sp³-hybridized carbons (Fsp3) is 0.471. The summed E-state index contributed by atoms with van der Waals surface area (Å²) in [6, 6.07) is 2.85. The van der Waals surface area contributed by atoms with Crippen LogP contribution in [0.1, 0.15) is 37.1 Å². The molecular weight excluding hydrogens is 370 g/mol. The van der Waals surface area contributed by atoms with Crippen molar-refractivity contribution < 1.29 is 14.5 Å². The molecule has 0 aliphatic heterocycles. The van der Waals surface area contributed by atoms with E-state index < -0.39 is 4.92 Å². The van der Waals surface area contributed by atoms with Gasteiger partial charge < -0.3 is 14.6 Å². The molecule has 1 aromatic heterocycles. The molecular formula is C17H21N5O4S. The molecule has 1 saturated carbocycles. The summed E-state index contributed by atoms with van der Waals surface area (Å²) in [5, 5.41) is 23.0. The van der Waals surface area contributed by atoms with E-state index in [0.29, 0.717) is 17.2 Å². The highest BCUT2D eigenvalue weighted by Gasteiger charge is 2.30. The topological polar surface area (TPSA) is 112 Å². The first kappa shape index (κ1) is 19.2. The molecule has 3 rings (SSSR count). The Hall–Kier alpha value is -2.62. The fourth-order valence-corrected chi connectivity index (χ4v) is 3.59. The first-order valence-corrected chi connectivity index (χ1v) is 9.61. The van der Waals surface area contributed by atoms with Gasteiger partial charge in [-0.2, -0.15) is 0 Å². The number of hydrogen-bond acceptors (Lipinski definition) is 7. The number of aryl methyl sites for hydroxylation is 1. The van der Waals surface area contributed by atoms with Gasteiger partial charge in [-0.15, -0.1) is 10.2 Å². The maximum absolute atomic E-state index is 12.3. The van der Waals surface area contributed by atoms with E-state index in [0.717, 1.165) is 30.4 Å². The summed E-state index contributed by atoms with van der Waals surface area (Å²) in [6.45, 7) is 4.50. The highest BCUT2D eigenvalue weighted by molar-refractivity contribution is 7.99. The van der Waals surface area contributed by atoms with Crippen LogP contribution in [0.4, 0.5) is 11.4 Å². The zero-order valence-corrected chi connectivity index (χ0v) is 16.2. The van der Waals surface area contributed by atoms with Gasteiger partial charge in [-0.3, -0.25) is 14.9 Å². The molecule has 27 heavy (non-hydrogen) atoms. The predicted molar refractivity (Wildman–Crippen MR) is 101 cm³/mol. The molecule has 0 bridgehead atoms. The summed E-state index contributed by atoms with van der Waals surface area (Å²) in [7, 11) is 1.36. The van der Waals surface area contributed by atoms with Gasteiger partial charge in [-0.1, -0.05) is 11.8 Å². The molecule has 0 radical (unpaired) electrons. The van der Waals surface area contributed by atoms with Gasteiger partial charge in [-0.05, 0) is 32.3 Å². The number of benzene rings is 1. The first-order chi connectivity index (χ1) is 12.9. The van der Waals surface area contributed by atoms with Crippen LogP contribution in [0.25, 0.3) is 0 Å². The zero-order valence-electron chi connectivity index (χ0n) is 15.4. The Kier molecular flexibility index (Phi) is 5.64. The molecule has 1 heterocycles. The standard InChI is InChI=1S/C17H21N5O4S/c1-4-21-16(11-5-6-11)19-20-17(21)27-9-15(23)18-12-8-14(26-3)13(22(24)25)7-10(12)2/h7-8,11H,4-6,9H2,1-3H3,(H,18,23). The number of nitrogens with one attached hydrogen (secondary N) is 1. The number of nitro groups is 1. The second-order valence-electron chi connectivity index (χ2n) is 6.29. The van der Waals surface area contributed by atoms with Crippen LogP contribution < -0.4 is 10.1 Å². The van der Waals surface area contributed by atoms with Crippen molar-refractivity contribution in [2.45, 2.75) is 44.3 Å². The number of rotatable bonds is 8. The quantitative estimate of drug-likeness (QED) is 0.418. The van der Waals surface area contributed by atoms with Gasteiger partial charge >= 0.3 is 5.69 Å². The van der Waals surface area contributed by atoms with Crippen LogP contribution in [0.3, 0.4) is 0 Å². The van der Waals surface area contributed by atoms with Crippen molar-refractivity contribution in [3.05, 3.63) is 33.6 Å². The van der Waals surface area contributed by atoms with Crippen LogP contribution in [-0.4, -0.2) is 38.5 Å². The van der Waals surface area contributed by atoms with Gasteiger partial charge in [0.05, 0.1) is 17.8 Å². The smallest absolute Gasteiger partial charge is 0.311 e. The third-order valence-corrected chi connectivity index (χ3v) is 5.30. The second kappa shape index (κ2) is 7.95. The SMILES string of the molecule is CCn1c(SCC(=O)Nc2cc(OC)c([N+](=O)[O-])cc2C)nnc1C1CC1. The zero-order chi connectivity index (χ0) is 19.6. The third kappa shape index (κ3) is 4.21. The number of methoxy groups -OCH3 is 1. The molecule has 1 N–H and O–H groups in total. The Labute approximate surface area is 160 Å². The van der Waals surface area contributed by atoms with Gasteiger partial charge in [0.2, 0.25) is 5.91 Å². The van der Waals surface area contributed by atoms with Crippen LogP contribution in [0.5, 0.6) is 5.75 Å². The highest BCUT2D eigenvalue weighted by atomic mass is 32.2. The number of anilines is 1. The summed E-state index contributed by atoms with van der Waals surface area (Å²) < 4.78 is 7.11. The van der Waals surface area contributed by atoms with Gasteiger partial charge in [0.25, 0.3) is 0 Å². The number of aromatic nitrogens is 3. The summed E-state index contributed by atoms with van der Waals surface area (Å²) in [6.07, 6.45) is 2.29. The molecule has 1 aromatic carbocycles. The second-order valence-corrected chi connectivity index (χ2v) is 7.23. The molecule has 9 nitrogen and oxygen atoms in total. The Bertz CT molecular complexity index is 878. The number of carbonyl (C=O) groups is 1. The lowest BCUT2D eigenvalue weighted by molar-refractivity contribution is -0.385. The van der Waals surface area contributed by atoms with Crippen LogP contribution in [0.2, 0.25) is 0 Å². The van der Waals surface area contributed by atoms with Crippen molar-refractivity contribution >= 4 is 29.0 Å². The molecule has 1 aliphatic rings. The van der Waals surface area contributed by atoms with Gasteiger partial charge in [-0.25, -0.2) is 0 Å². The van der Waals surface area contributed by atoms with Crippen molar-refractivity contribution in [3.8, 4) is 5.75 Å². The average molecular weight is 391 g/mol. The van der Waals surface area contributed by atoms with Crippen molar-refractivity contribution in [3.63, 3.8) is 0 Å². The van der Waals surface area contributed by atoms with Crippen LogP contribution in [0.15, 0.2) is 17.3 Å². The van der Waals surface area contributed by atoms with Crippen molar-refractivity contribution in [1.82, 2.24) is 14.8 Å². The number of hydrogen-bond donors (Lipinski definition) is 1. The molecule has 2 aromatic rings. The molecule has 1 fully saturated rings. The number of thioether (sulfide) groups is 1. The highest BCUT2D eigenvalue weighted by Crippen LogP contribution is 2.40. The molecule has 0 atom stereocenters. The van der Waals surface area contributed by atoms with E-state index in [-0.39, 0.29) is 23.1 Å². The molecule has 0 spiro atoms. The minimum atomic E-state index is -0.512. The van der Waals surface area contributed by atoms with Crippen LogP contribution in [0, 0.1) is 17.0 Å². The number of amides is 1. The van der Waals surface area contributed by atoms with Gasteiger partial charge in [0.15, 0.2) is 10.9 Å². The van der Waals surface area contributed by atoms with E-state index in [4.69, 9.17) is 4.74 Å². The van der Waals surface area contributed by atoms with E-state index in [1.165, 1.54) is 31.0 Å². The number of ether oxygens (including phenoxy) is 1. The number of nitro benzene ring substituents is 1. The van der Waals surface area contributed by atoms with E-state index in [1.54, 1.807) is 6.92 Å². The summed E-state index contributed by atoms with van der Waals surface area (Å²) in [4.78, 5) is 22.9. The lowest BCUT2D eigenvalue weighted by Gasteiger charge is -2.11. The summed E-state index contributed by atoms with van der Waals surface area (Å²) in [5.74, 6) is 1.54. The molecule has 1 amide bonds. The van der Waals surface area contributed by atoms with Crippen molar-refractivity contribution in [1.29, 1.82) is 0 Å². The minimum absolute atomic E-state index is 0.105. The van der Waals surface area contributed by atoms with E-state index in [1.807, 2.05) is 6.92 Å². The van der Waals surface area contributed by atoms with Crippen LogP contribution >= 0.6 is 11.8 Å². The van der Waals surface area contributed by atoms with Crippen molar-refractivity contribution in [2.24, 2.45) is 0 Å². The average Bonchev–Trinajstić information content (AvgIpc) is 3.40. The normalized spacial score (nSPS) is 13.4. The molecule has 1 aliphatic carbocycles. The minimum Gasteiger partial charge on any atom is -0.490 e. The third-order valence-electron chi connectivity index (χ3n) is 4.33. The Morgan fingerprint density at radius 3 is 2.78 bits per heavy atom. The lowest BCUT2D eigenvalue weighted by Crippen LogP contribution is -2.16. The van der Waals surface area contributed by atoms with E-state index in [2.05, 4.69) is 20.1 Å². The Morgan fingerprint density at radius 2 is 2.19 bits per heavy atom. The largest absolute Gasteiger partial charge is 0.490 e. The monoisotopic (exact) mass is 391 g/mol. The van der Waals surface area contributed by atoms with Gasteiger partial charge in [0.1, 0.15) is 5.82 Å². The maximum Gasteiger partial charge on any atom is 0.311 e. The van der Waals surface area contributed by atoms with E-state index in [9.17, 15) is 14.9 Å². The number of nitrogens with zero attached hydrogens (tertiary/aromatic N) is 4. The van der Waals surface area contributed by atoms with Gasteiger partial charge in [0, 0.05) is 30.3 Å². The number of carbonyl (C=O) groups excluding carboxylic acids is 1. The summed E-state index contributed by atoms with van der Waals surface area (Å²) in [5.41, 5.74) is 0.943. The van der Waals surface area contributed by atoms with Crippen molar-refractivity contribution in [2.75, 3.05) is 18.2 Å². The molecule has 144 valence electrons. The fourth-order valence-electron chi connectivity index (χ4n) is 2.78. The summed E-state index contributed by atoms with van der Waals surface area (Å²) >= 11 is 1.33. The van der Waals surface area contributed by atoms with E-state index >= 15 is 0 Å². The molecule has 10 heteroatoms. The molecule has 0 saturated heterocycles. The lowest BCUT2D eigenvalue weighted by atomic mass is 10.1.